The molecule has 152 valence electrons. The van der Waals surface area contributed by atoms with Crippen molar-refractivity contribution in [3.63, 3.8) is 0 Å². The van der Waals surface area contributed by atoms with Crippen LogP contribution in [0.15, 0.2) is 30.5 Å². The lowest BCUT2D eigenvalue weighted by molar-refractivity contribution is 0.134. The van der Waals surface area contributed by atoms with E-state index in [1.807, 2.05) is 6.07 Å². The van der Waals surface area contributed by atoms with Crippen molar-refractivity contribution in [2.24, 2.45) is 0 Å². The first-order valence-electron chi connectivity index (χ1n) is 9.59. The van der Waals surface area contributed by atoms with E-state index in [2.05, 4.69) is 38.9 Å². The summed E-state index contributed by atoms with van der Waals surface area (Å²) >= 11 is 0. The van der Waals surface area contributed by atoms with Crippen molar-refractivity contribution >= 4 is 11.8 Å². The lowest BCUT2D eigenvalue weighted by Crippen LogP contribution is -2.53. The number of aromatic nitrogens is 2. The van der Waals surface area contributed by atoms with Crippen LogP contribution in [0.4, 0.5) is 20.5 Å². The Balaban J connectivity index is 1.70. The van der Waals surface area contributed by atoms with Gasteiger partial charge in [-0.25, -0.2) is 13.8 Å². The van der Waals surface area contributed by atoms with E-state index in [1.54, 1.807) is 12.3 Å². The molecule has 28 heavy (non-hydrogen) atoms. The van der Waals surface area contributed by atoms with Gasteiger partial charge in [-0.15, -0.1) is 0 Å². The summed E-state index contributed by atoms with van der Waals surface area (Å²) in [6.07, 6.45) is 2.33. The first-order chi connectivity index (χ1) is 13.5. The molecule has 1 atom stereocenters. The molecule has 1 aromatic carbocycles. The topological polar surface area (TPSA) is 64.5 Å². The second-order valence-corrected chi connectivity index (χ2v) is 7.37. The molecular weight excluding hydrogens is 364 g/mol. The highest BCUT2D eigenvalue weighted by Gasteiger charge is 2.28. The van der Waals surface area contributed by atoms with E-state index in [0.29, 0.717) is 25.5 Å². The van der Waals surface area contributed by atoms with Gasteiger partial charge in [0.1, 0.15) is 5.82 Å². The molecule has 0 unspecified atom stereocenters. The van der Waals surface area contributed by atoms with Crippen LogP contribution in [-0.4, -0.2) is 58.3 Å². The summed E-state index contributed by atoms with van der Waals surface area (Å²) in [6, 6.07) is 6.18. The largest absolute Gasteiger partial charge is 0.396 e. The zero-order chi connectivity index (χ0) is 20.1. The molecule has 0 spiro atoms. The van der Waals surface area contributed by atoms with Crippen LogP contribution in [-0.2, 0) is 6.54 Å². The van der Waals surface area contributed by atoms with Crippen LogP contribution >= 0.6 is 0 Å². The third-order valence-electron chi connectivity index (χ3n) is 4.80. The minimum Gasteiger partial charge on any atom is -0.396 e. The molecule has 0 bridgehead atoms. The number of aliphatic hydroxyl groups excluding tert-OH is 1. The Labute approximate surface area is 164 Å². The molecule has 0 amide bonds. The maximum Gasteiger partial charge on any atom is 0.227 e. The average molecular weight is 391 g/mol. The number of halogens is 2. The van der Waals surface area contributed by atoms with E-state index < -0.39 is 11.6 Å². The first-order valence-corrected chi connectivity index (χ1v) is 9.59. The number of anilines is 2. The molecule has 1 aliphatic rings. The second-order valence-electron chi connectivity index (χ2n) is 7.37. The second kappa shape index (κ2) is 9.25. The van der Waals surface area contributed by atoms with Crippen molar-refractivity contribution in [1.29, 1.82) is 0 Å². The number of rotatable bonds is 7. The van der Waals surface area contributed by atoms with Gasteiger partial charge in [0.05, 0.1) is 0 Å². The van der Waals surface area contributed by atoms with Crippen LogP contribution < -0.4 is 10.2 Å². The summed E-state index contributed by atoms with van der Waals surface area (Å²) in [4.78, 5) is 13.3. The highest BCUT2D eigenvalue weighted by Crippen LogP contribution is 2.21. The van der Waals surface area contributed by atoms with Crippen LogP contribution in [0.25, 0.3) is 0 Å². The fourth-order valence-corrected chi connectivity index (χ4v) is 3.45. The number of piperazine rings is 1. The summed E-state index contributed by atoms with van der Waals surface area (Å²) < 4.78 is 26.7. The number of aliphatic hydroxyl groups is 1. The summed E-state index contributed by atoms with van der Waals surface area (Å²) in [5.74, 6) is -0.241. The lowest BCUT2D eigenvalue weighted by atomic mass is 10.1. The van der Waals surface area contributed by atoms with Gasteiger partial charge in [-0.2, -0.15) is 4.98 Å². The number of nitrogens with zero attached hydrogens (tertiary/aromatic N) is 4. The Morgan fingerprint density at radius 3 is 2.75 bits per heavy atom. The Morgan fingerprint density at radius 1 is 1.21 bits per heavy atom. The van der Waals surface area contributed by atoms with Gasteiger partial charge in [0, 0.05) is 51.1 Å². The third-order valence-corrected chi connectivity index (χ3v) is 4.80. The number of hydrogen-bond acceptors (Lipinski definition) is 6. The smallest absolute Gasteiger partial charge is 0.227 e. The predicted octanol–water partition coefficient (Wildman–Crippen LogP) is 2.65. The Morgan fingerprint density at radius 2 is 2.04 bits per heavy atom. The van der Waals surface area contributed by atoms with Gasteiger partial charge < -0.3 is 15.3 Å². The molecular formula is C20H27F2N5O. The molecule has 2 heterocycles. The summed E-state index contributed by atoms with van der Waals surface area (Å²) in [5.41, 5.74) is 0.717. The molecule has 8 heteroatoms. The lowest BCUT2D eigenvalue weighted by Gasteiger charge is -2.41. The van der Waals surface area contributed by atoms with E-state index in [1.165, 1.54) is 6.07 Å². The molecule has 2 N–H and O–H groups in total. The highest BCUT2D eigenvalue weighted by molar-refractivity contribution is 5.42. The summed E-state index contributed by atoms with van der Waals surface area (Å²) in [6.45, 7) is 6.77. The fourth-order valence-electron chi connectivity index (χ4n) is 3.45. The minimum atomic E-state index is -0.840. The number of hydrogen-bond donors (Lipinski definition) is 2. The maximum absolute atomic E-state index is 13.5. The van der Waals surface area contributed by atoms with Crippen LogP contribution in [0.2, 0.25) is 0 Å². The number of benzene rings is 1. The average Bonchev–Trinajstić information content (AvgIpc) is 2.66. The zero-order valence-electron chi connectivity index (χ0n) is 16.3. The molecule has 0 radical (unpaired) electrons. The quantitative estimate of drug-likeness (QED) is 0.757. The van der Waals surface area contributed by atoms with Crippen molar-refractivity contribution in [2.75, 3.05) is 36.5 Å². The van der Waals surface area contributed by atoms with Gasteiger partial charge in [-0.3, -0.25) is 4.90 Å². The van der Waals surface area contributed by atoms with Crippen LogP contribution in [0.1, 0.15) is 25.8 Å². The first kappa shape index (κ1) is 20.4. The van der Waals surface area contributed by atoms with Crippen molar-refractivity contribution in [3.05, 3.63) is 47.7 Å². The van der Waals surface area contributed by atoms with Gasteiger partial charge >= 0.3 is 0 Å². The van der Waals surface area contributed by atoms with Gasteiger partial charge in [0.15, 0.2) is 11.6 Å². The van der Waals surface area contributed by atoms with Crippen molar-refractivity contribution in [3.8, 4) is 0 Å². The monoisotopic (exact) mass is 391 g/mol. The van der Waals surface area contributed by atoms with Crippen molar-refractivity contribution in [2.45, 2.75) is 38.9 Å². The van der Waals surface area contributed by atoms with E-state index in [4.69, 9.17) is 0 Å². The zero-order valence-corrected chi connectivity index (χ0v) is 16.3. The minimum absolute atomic E-state index is 0.0581. The van der Waals surface area contributed by atoms with Gasteiger partial charge in [0.2, 0.25) is 5.95 Å². The fraction of sp³-hybridized carbons (Fsp3) is 0.500. The van der Waals surface area contributed by atoms with E-state index in [9.17, 15) is 13.9 Å². The molecule has 3 rings (SSSR count). The SMILES string of the molecule is CC(C)Nc1ccnc(N2CCN(Cc3ccc(F)c(F)c3)[C@@H](CCO)C2)n1. The van der Waals surface area contributed by atoms with E-state index in [0.717, 1.165) is 30.5 Å². The van der Waals surface area contributed by atoms with E-state index >= 15 is 0 Å². The summed E-state index contributed by atoms with van der Waals surface area (Å²) in [5, 5.41) is 12.8. The molecule has 0 saturated carbocycles. The molecule has 1 aliphatic heterocycles. The van der Waals surface area contributed by atoms with Gasteiger partial charge in [0.25, 0.3) is 0 Å². The van der Waals surface area contributed by atoms with Crippen molar-refractivity contribution in [1.82, 2.24) is 14.9 Å². The van der Waals surface area contributed by atoms with Crippen LogP contribution in [0.3, 0.4) is 0 Å². The Kier molecular flexibility index (Phi) is 6.74. The van der Waals surface area contributed by atoms with Crippen LogP contribution in [0.5, 0.6) is 0 Å². The molecule has 0 aliphatic carbocycles. The van der Waals surface area contributed by atoms with Crippen molar-refractivity contribution < 1.29 is 13.9 Å². The Hall–Kier alpha value is -2.32. The third kappa shape index (κ3) is 5.14. The van der Waals surface area contributed by atoms with Crippen LogP contribution in [0, 0.1) is 11.6 Å². The normalized spacial score (nSPS) is 17.9. The predicted molar refractivity (Wildman–Crippen MR) is 105 cm³/mol. The van der Waals surface area contributed by atoms with E-state index in [-0.39, 0.29) is 18.7 Å². The highest BCUT2D eigenvalue weighted by atomic mass is 19.2. The molecule has 1 saturated heterocycles. The Bertz CT molecular complexity index is 789. The van der Waals surface area contributed by atoms with Gasteiger partial charge in [-0.1, -0.05) is 6.07 Å². The summed E-state index contributed by atoms with van der Waals surface area (Å²) in [7, 11) is 0. The standard InChI is InChI=1S/C20H27F2N5O/c1-14(2)24-19-5-7-23-20(25-19)27-9-8-26(16(13-27)6-10-28)12-15-3-4-17(21)18(22)11-15/h3-5,7,11,14,16,28H,6,8-10,12-13H2,1-2H3,(H,23,24,25)/t16-/m0/s1. The number of nitrogens with one attached hydrogen (secondary N) is 1. The molecule has 2 aromatic rings. The molecule has 6 nitrogen and oxygen atoms in total. The maximum atomic E-state index is 13.5. The molecule has 1 aromatic heterocycles. The van der Waals surface area contributed by atoms with Gasteiger partial charge in [-0.05, 0) is 44.0 Å². The molecule has 1 fully saturated rings.